The molecule has 1 aromatic heterocycles. The third kappa shape index (κ3) is 1.86. The number of halogens is 1. The fourth-order valence-electron chi connectivity index (χ4n) is 1.80. The van der Waals surface area contributed by atoms with Crippen molar-refractivity contribution in [3.05, 3.63) is 54.9 Å². The summed E-state index contributed by atoms with van der Waals surface area (Å²) in [5, 5.41) is 10.9. The number of nitrogens with zero attached hydrogens (tertiary/aromatic N) is 3. The fourth-order valence-corrected chi connectivity index (χ4v) is 2.19. The van der Waals surface area contributed by atoms with Crippen molar-refractivity contribution in [1.82, 2.24) is 9.36 Å². The Morgan fingerprint density at radius 1 is 1.39 bits per heavy atom. The highest BCUT2D eigenvalue weighted by molar-refractivity contribution is 9.10. The molecule has 0 saturated heterocycles. The van der Waals surface area contributed by atoms with Crippen LogP contribution in [0.2, 0.25) is 0 Å². The summed E-state index contributed by atoms with van der Waals surface area (Å²) in [7, 11) is 1.62. The summed E-state index contributed by atoms with van der Waals surface area (Å²) in [4.78, 5) is 22.3. The van der Waals surface area contributed by atoms with Gasteiger partial charge in [0.1, 0.15) is 5.69 Å². The number of aromatic nitrogens is 2. The first-order valence-electron chi connectivity index (χ1n) is 5.12. The van der Waals surface area contributed by atoms with Gasteiger partial charge in [0.05, 0.1) is 10.6 Å². The first-order valence-corrected chi connectivity index (χ1v) is 5.91. The number of nitro groups is 1. The van der Waals surface area contributed by atoms with E-state index in [0.717, 1.165) is 4.47 Å². The summed E-state index contributed by atoms with van der Waals surface area (Å²) in [5.74, 6) is 0. The van der Waals surface area contributed by atoms with E-state index in [1.807, 2.05) is 6.07 Å². The van der Waals surface area contributed by atoms with E-state index in [-0.39, 0.29) is 0 Å². The molecule has 0 aliphatic carbocycles. The highest BCUT2D eigenvalue weighted by Crippen LogP contribution is 2.18. The summed E-state index contributed by atoms with van der Waals surface area (Å²) in [5.41, 5.74) is -0.117. The highest BCUT2D eigenvalue weighted by Gasteiger charge is 2.25. The van der Waals surface area contributed by atoms with E-state index in [1.54, 1.807) is 32.2 Å². The van der Waals surface area contributed by atoms with E-state index in [0.29, 0.717) is 11.4 Å². The second-order valence-corrected chi connectivity index (χ2v) is 4.73. The molecule has 7 heteroatoms. The van der Waals surface area contributed by atoms with E-state index in [2.05, 4.69) is 15.9 Å². The Hall–Kier alpha value is -1.89. The average Bonchev–Trinajstić information content (AvgIpc) is 2.50. The van der Waals surface area contributed by atoms with E-state index in [9.17, 15) is 14.9 Å². The van der Waals surface area contributed by atoms with Gasteiger partial charge >= 0.3 is 11.2 Å². The quantitative estimate of drug-likeness (QED) is 0.630. The van der Waals surface area contributed by atoms with Gasteiger partial charge in [-0.2, -0.15) is 0 Å². The molecule has 1 heterocycles. The number of hydrogen-bond donors (Lipinski definition) is 0. The van der Waals surface area contributed by atoms with Crippen LogP contribution in [0.15, 0.2) is 33.5 Å². The smallest absolute Gasteiger partial charge is 0.278 e. The first kappa shape index (κ1) is 12.6. The number of benzene rings is 1. The van der Waals surface area contributed by atoms with Crippen molar-refractivity contribution in [2.24, 2.45) is 7.05 Å². The van der Waals surface area contributed by atoms with Crippen molar-refractivity contribution in [3.8, 4) is 5.69 Å². The largest absolute Gasteiger partial charge is 0.356 e. The van der Waals surface area contributed by atoms with Crippen molar-refractivity contribution in [2.75, 3.05) is 0 Å². The molecule has 0 atom stereocenters. The second kappa shape index (κ2) is 4.41. The number of rotatable bonds is 2. The summed E-state index contributed by atoms with van der Waals surface area (Å²) in [6.45, 7) is 1.55. The van der Waals surface area contributed by atoms with E-state index in [1.165, 1.54) is 9.36 Å². The lowest BCUT2D eigenvalue weighted by atomic mass is 10.3. The minimum Gasteiger partial charge on any atom is -0.278 e. The zero-order valence-corrected chi connectivity index (χ0v) is 11.3. The van der Waals surface area contributed by atoms with Crippen LogP contribution in [0.1, 0.15) is 5.69 Å². The van der Waals surface area contributed by atoms with Crippen LogP contribution in [0.25, 0.3) is 5.69 Å². The summed E-state index contributed by atoms with van der Waals surface area (Å²) >= 11 is 3.30. The molecular formula is C11H10BrN3O3. The van der Waals surface area contributed by atoms with E-state index >= 15 is 0 Å². The molecule has 0 spiro atoms. The molecule has 0 unspecified atom stereocenters. The molecule has 0 amide bonds. The zero-order valence-electron chi connectivity index (χ0n) is 9.75. The maximum Gasteiger partial charge on any atom is 0.356 e. The summed E-state index contributed by atoms with van der Waals surface area (Å²) in [6, 6.07) is 7.03. The first-order chi connectivity index (χ1) is 8.43. The Balaban J connectivity index is 2.78. The Morgan fingerprint density at radius 2 is 2.06 bits per heavy atom. The molecule has 1 aromatic carbocycles. The van der Waals surface area contributed by atoms with Crippen LogP contribution in [0, 0.1) is 17.0 Å². The molecule has 0 bridgehead atoms. The molecular weight excluding hydrogens is 302 g/mol. The normalized spacial score (nSPS) is 10.6. The van der Waals surface area contributed by atoms with Crippen LogP contribution in [-0.4, -0.2) is 14.3 Å². The molecule has 2 aromatic rings. The predicted molar refractivity (Wildman–Crippen MR) is 70.1 cm³/mol. The van der Waals surface area contributed by atoms with Gasteiger partial charge < -0.3 is 0 Å². The third-order valence-electron chi connectivity index (χ3n) is 2.76. The molecule has 0 radical (unpaired) electrons. The molecule has 2 rings (SSSR count). The van der Waals surface area contributed by atoms with Crippen LogP contribution in [0.5, 0.6) is 0 Å². The number of hydrogen-bond acceptors (Lipinski definition) is 3. The lowest BCUT2D eigenvalue weighted by Gasteiger charge is -2.07. The molecule has 94 valence electrons. The van der Waals surface area contributed by atoms with Gasteiger partial charge in [0.25, 0.3) is 0 Å². The summed E-state index contributed by atoms with van der Waals surface area (Å²) in [6.07, 6.45) is 0. The van der Waals surface area contributed by atoms with Gasteiger partial charge in [0.15, 0.2) is 0 Å². The third-order valence-corrected chi connectivity index (χ3v) is 3.25. The summed E-state index contributed by atoms with van der Waals surface area (Å²) < 4.78 is 3.55. The standard InChI is InChI=1S/C11H10BrN3O3/c1-7-10(15(17)18)11(16)14(13(7)2)9-5-3-4-8(12)6-9/h3-6H,1-2H3. The van der Waals surface area contributed by atoms with Gasteiger partial charge in [-0.1, -0.05) is 22.0 Å². The zero-order chi connectivity index (χ0) is 13.4. The van der Waals surface area contributed by atoms with Gasteiger partial charge in [0, 0.05) is 11.5 Å². The lowest BCUT2D eigenvalue weighted by molar-refractivity contribution is -0.386. The molecule has 0 N–H and O–H groups in total. The molecule has 18 heavy (non-hydrogen) atoms. The van der Waals surface area contributed by atoms with Crippen molar-refractivity contribution < 1.29 is 4.92 Å². The van der Waals surface area contributed by atoms with Crippen LogP contribution < -0.4 is 5.56 Å². The van der Waals surface area contributed by atoms with Crippen molar-refractivity contribution in [3.63, 3.8) is 0 Å². The highest BCUT2D eigenvalue weighted by atomic mass is 79.9. The molecule has 0 aliphatic rings. The van der Waals surface area contributed by atoms with Gasteiger partial charge in [-0.25, -0.2) is 4.68 Å². The van der Waals surface area contributed by atoms with Gasteiger partial charge in [-0.05, 0) is 25.1 Å². The van der Waals surface area contributed by atoms with Crippen molar-refractivity contribution in [1.29, 1.82) is 0 Å². The van der Waals surface area contributed by atoms with Gasteiger partial charge in [-0.15, -0.1) is 0 Å². The Morgan fingerprint density at radius 3 is 2.56 bits per heavy atom. The SMILES string of the molecule is Cc1c([N+](=O)[O-])c(=O)n(-c2cccc(Br)c2)n1C. The van der Waals surface area contributed by atoms with Crippen LogP contribution in [0.3, 0.4) is 0 Å². The Bertz CT molecular complexity index is 687. The molecule has 0 aliphatic heterocycles. The van der Waals surface area contributed by atoms with Crippen LogP contribution >= 0.6 is 15.9 Å². The average molecular weight is 312 g/mol. The van der Waals surface area contributed by atoms with E-state index in [4.69, 9.17) is 0 Å². The molecule has 0 saturated carbocycles. The predicted octanol–water partition coefficient (Wildman–Crippen LogP) is 2.16. The van der Waals surface area contributed by atoms with Crippen LogP contribution in [-0.2, 0) is 7.05 Å². The second-order valence-electron chi connectivity index (χ2n) is 3.81. The van der Waals surface area contributed by atoms with Gasteiger partial charge in [-0.3, -0.25) is 19.6 Å². The minimum absolute atomic E-state index is 0.324. The fraction of sp³-hybridized carbons (Fsp3) is 0.182. The Kier molecular flexibility index (Phi) is 3.08. The van der Waals surface area contributed by atoms with Crippen LogP contribution in [0.4, 0.5) is 5.69 Å². The monoisotopic (exact) mass is 311 g/mol. The topological polar surface area (TPSA) is 70.1 Å². The van der Waals surface area contributed by atoms with E-state index < -0.39 is 16.2 Å². The van der Waals surface area contributed by atoms with Crippen molar-refractivity contribution >= 4 is 21.6 Å². The molecule has 0 fully saturated rings. The Labute approximate surface area is 111 Å². The van der Waals surface area contributed by atoms with Gasteiger partial charge in [0.2, 0.25) is 0 Å². The maximum absolute atomic E-state index is 12.0. The molecule has 6 nitrogen and oxygen atoms in total. The lowest BCUT2D eigenvalue weighted by Crippen LogP contribution is -2.20. The minimum atomic E-state index is -0.647. The van der Waals surface area contributed by atoms with Crippen molar-refractivity contribution in [2.45, 2.75) is 6.92 Å². The maximum atomic E-state index is 12.0.